The van der Waals surface area contributed by atoms with Crippen molar-refractivity contribution >= 4 is 0 Å². The molecule has 5 nitrogen and oxygen atoms in total. The molecule has 0 spiro atoms. The summed E-state index contributed by atoms with van der Waals surface area (Å²) in [5.41, 5.74) is 5.67. The third-order valence-electron chi connectivity index (χ3n) is 2.12. The Bertz CT molecular complexity index is 286. The van der Waals surface area contributed by atoms with Crippen LogP contribution in [0.15, 0.2) is 0 Å². The molecule has 0 radical (unpaired) electrons. The van der Waals surface area contributed by atoms with Crippen molar-refractivity contribution in [2.24, 2.45) is 11.1 Å². The van der Waals surface area contributed by atoms with Gasteiger partial charge in [0.05, 0.1) is 0 Å². The maximum Gasteiger partial charge on any atom is 0.151 e. The van der Waals surface area contributed by atoms with Crippen molar-refractivity contribution in [3.63, 3.8) is 0 Å². The van der Waals surface area contributed by atoms with Crippen molar-refractivity contribution in [2.45, 2.75) is 46.6 Å². The third kappa shape index (κ3) is 4.38. The number of nitrogens with zero attached hydrogens (tertiary/aromatic N) is 4. The van der Waals surface area contributed by atoms with Crippen molar-refractivity contribution in [2.75, 3.05) is 6.54 Å². The van der Waals surface area contributed by atoms with Crippen molar-refractivity contribution < 1.29 is 0 Å². The van der Waals surface area contributed by atoms with Crippen molar-refractivity contribution in [1.82, 2.24) is 20.2 Å². The van der Waals surface area contributed by atoms with Crippen molar-refractivity contribution in [3.8, 4) is 0 Å². The summed E-state index contributed by atoms with van der Waals surface area (Å²) in [4.78, 5) is 0. The highest BCUT2D eigenvalue weighted by atomic mass is 15.5. The van der Waals surface area contributed by atoms with Gasteiger partial charge < -0.3 is 5.73 Å². The molecule has 1 heterocycles. The van der Waals surface area contributed by atoms with Gasteiger partial charge in [0.15, 0.2) is 5.82 Å². The van der Waals surface area contributed by atoms with Crippen LogP contribution in [-0.2, 0) is 13.0 Å². The number of aromatic nitrogens is 4. The number of rotatable bonds is 5. The molecule has 0 unspecified atom stereocenters. The number of hydrogen-bond acceptors (Lipinski definition) is 4. The van der Waals surface area contributed by atoms with Gasteiger partial charge in [0.1, 0.15) is 0 Å². The zero-order valence-corrected chi connectivity index (χ0v) is 9.90. The topological polar surface area (TPSA) is 69.6 Å². The van der Waals surface area contributed by atoms with Gasteiger partial charge in [0.2, 0.25) is 0 Å². The molecule has 1 rings (SSSR count). The monoisotopic (exact) mass is 211 g/mol. The highest BCUT2D eigenvalue weighted by molar-refractivity contribution is 4.86. The number of unbranched alkanes of at least 4 members (excludes halogenated alkanes) is 1. The Morgan fingerprint density at radius 2 is 2.00 bits per heavy atom. The largest absolute Gasteiger partial charge is 0.330 e. The average molecular weight is 211 g/mol. The van der Waals surface area contributed by atoms with Gasteiger partial charge in [0, 0.05) is 13.0 Å². The molecule has 1 aromatic heterocycles. The minimum absolute atomic E-state index is 0.223. The van der Waals surface area contributed by atoms with Gasteiger partial charge in [-0.3, -0.25) is 0 Å². The molecule has 1 aromatic rings. The van der Waals surface area contributed by atoms with Gasteiger partial charge in [0.25, 0.3) is 0 Å². The van der Waals surface area contributed by atoms with E-state index in [1.54, 1.807) is 0 Å². The van der Waals surface area contributed by atoms with E-state index in [1.165, 1.54) is 0 Å². The van der Waals surface area contributed by atoms with E-state index in [1.807, 2.05) is 4.68 Å². The van der Waals surface area contributed by atoms with Gasteiger partial charge in [-0.2, -0.15) is 0 Å². The summed E-state index contributed by atoms with van der Waals surface area (Å²) in [6.07, 6.45) is 2.97. The first-order chi connectivity index (χ1) is 7.03. The molecular formula is C10H21N5. The van der Waals surface area contributed by atoms with Crippen LogP contribution < -0.4 is 5.73 Å². The van der Waals surface area contributed by atoms with E-state index in [-0.39, 0.29) is 5.41 Å². The summed E-state index contributed by atoms with van der Waals surface area (Å²) < 4.78 is 1.89. The van der Waals surface area contributed by atoms with Gasteiger partial charge in [-0.1, -0.05) is 20.8 Å². The lowest BCUT2D eigenvalue weighted by molar-refractivity contribution is 0.384. The van der Waals surface area contributed by atoms with Crippen LogP contribution in [0.25, 0.3) is 0 Å². The standard InChI is InChI=1S/C10H21N5/c1-10(2,3)8-9-12-13-14-15(9)7-5-4-6-11/h4-8,11H2,1-3H3. The maximum atomic E-state index is 5.45. The van der Waals surface area contributed by atoms with Crippen LogP contribution in [0.4, 0.5) is 0 Å². The van der Waals surface area contributed by atoms with E-state index >= 15 is 0 Å². The number of nitrogens with two attached hydrogens (primary N) is 1. The Morgan fingerprint density at radius 3 is 2.60 bits per heavy atom. The summed E-state index contributed by atoms with van der Waals surface area (Å²) in [5, 5.41) is 11.8. The quantitative estimate of drug-likeness (QED) is 0.738. The molecule has 15 heavy (non-hydrogen) atoms. The number of tetrazole rings is 1. The SMILES string of the molecule is CC(C)(C)Cc1nnnn1CCCCN. The number of hydrogen-bond donors (Lipinski definition) is 1. The summed E-state index contributed by atoms with van der Waals surface area (Å²) >= 11 is 0. The Labute approximate surface area is 91.0 Å². The second-order valence-electron chi connectivity index (χ2n) is 5.05. The molecule has 0 amide bonds. The fourth-order valence-electron chi connectivity index (χ4n) is 1.40. The molecule has 0 aliphatic carbocycles. The van der Waals surface area contributed by atoms with E-state index in [9.17, 15) is 0 Å². The summed E-state index contributed by atoms with van der Waals surface area (Å²) in [5.74, 6) is 0.972. The van der Waals surface area contributed by atoms with Gasteiger partial charge in [-0.15, -0.1) is 5.10 Å². The second kappa shape index (κ2) is 5.21. The Hall–Kier alpha value is -0.970. The molecule has 0 atom stereocenters. The van der Waals surface area contributed by atoms with Crippen molar-refractivity contribution in [1.29, 1.82) is 0 Å². The highest BCUT2D eigenvalue weighted by Crippen LogP contribution is 2.18. The Kier molecular flexibility index (Phi) is 4.20. The molecule has 0 aliphatic heterocycles. The molecule has 86 valence electrons. The van der Waals surface area contributed by atoms with Crippen LogP contribution in [0.2, 0.25) is 0 Å². The normalized spacial score (nSPS) is 12.0. The minimum atomic E-state index is 0.223. The fourth-order valence-corrected chi connectivity index (χ4v) is 1.40. The van der Waals surface area contributed by atoms with Crippen LogP contribution >= 0.6 is 0 Å². The zero-order chi connectivity index (χ0) is 11.3. The van der Waals surface area contributed by atoms with Crippen LogP contribution in [0, 0.1) is 5.41 Å². The zero-order valence-electron chi connectivity index (χ0n) is 9.90. The minimum Gasteiger partial charge on any atom is -0.330 e. The Balaban J connectivity index is 2.53. The lowest BCUT2D eigenvalue weighted by Crippen LogP contribution is -2.15. The Morgan fingerprint density at radius 1 is 1.27 bits per heavy atom. The van der Waals surface area contributed by atoms with E-state index in [2.05, 4.69) is 36.3 Å². The van der Waals surface area contributed by atoms with Crippen LogP contribution in [0.1, 0.15) is 39.4 Å². The summed E-state index contributed by atoms with van der Waals surface area (Å²) in [6, 6.07) is 0. The van der Waals surface area contributed by atoms with Gasteiger partial charge >= 0.3 is 0 Å². The number of aryl methyl sites for hydroxylation is 1. The lowest BCUT2D eigenvalue weighted by atomic mass is 9.92. The second-order valence-corrected chi connectivity index (χ2v) is 5.05. The fraction of sp³-hybridized carbons (Fsp3) is 0.900. The smallest absolute Gasteiger partial charge is 0.151 e. The van der Waals surface area contributed by atoms with Crippen LogP contribution in [0.5, 0.6) is 0 Å². The van der Waals surface area contributed by atoms with Crippen LogP contribution in [-0.4, -0.2) is 26.8 Å². The molecule has 2 N–H and O–H groups in total. The molecule has 0 aromatic carbocycles. The molecular weight excluding hydrogens is 190 g/mol. The molecule has 0 saturated carbocycles. The predicted molar refractivity (Wildman–Crippen MR) is 59.3 cm³/mol. The third-order valence-corrected chi connectivity index (χ3v) is 2.12. The molecule has 0 saturated heterocycles. The summed E-state index contributed by atoms with van der Waals surface area (Å²) in [6.45, 7) is 8.16. The van der Waals surface area contributed by atoms with Crippen molar-refractivity contribution in [3.05, 3.63) is 5.82 Å². The predicted octanol–water partition coefficient (Wildman–Crippen LogP) is 1.00. The highest BCUT2D eigenvalue weighted by Gasteiger charge is 2.16. The summed E-state index contributed by atoms with van der Waals surface area (Å²) in [7, 11) is 0. The first-order valence-corrected chi connectivity index (χ1v) is 5.48. The van der Waals surface area contributed by atoms with Gasteiger partial charge in [-0.05, 0) is 35.2 Å². The lowest BCUT2D eigenvalue weighted by Gasteiger charge is -2.16. The molecule has 0 bridgehead atoms. The van der Waals surface area contributed by atoms with Gasteiger partial charge in [-0.25, -0.2) is 4.68 Å². The first-order valence-electron chi connectivity index (χ1n) is 5.48. The van der Waals surface area contributed by atoms with E-state index < -0.39 is 0 Å². The van der Waals surface area contributed by atoms with E-state index in [0.717, 1.165) is 38.2 Å². The molecule has 5 heteroatoms. The maximum absolute atomic E-state index is 5.45. The van der Waals surface area contributed by atoms with E-state index in [4.69, 9.17) is 5.73 Å². The molecule has 0 fully saturated rings. The van der Waals surface area contributed by atoms with E-state index in [0.29, 0.717) is 0 Å². The average Bonchev–Trinajstić information content (AvgIpc) is 2.50. The first kappa shape index (κ1) is 12.1. The van der Waals surface area contributed by atoms with Crippen LogP contribution in [0.3, 0.4) is 0 Å². The molecule has 0 aliphatic rings.